The van der Waals surface area contributed by atoms with E-state index >= 15 is 0 Å². The minimum Gasteiger partial charge on any atom is -0.328 e. The van der Waals surface area contributed by atoms with Gasteiger partial charge >= 0.3 is 0 Å². The fraction of sp³-hybridized carbons (Fsp3) is 0.250. The van der Waals surface area contributed by atoms with Crippen LogP contribution in [0.4, 0.5) is 10.1 Å². The van der Waals surface area contributed by atoms with Gasteiger partial charge in [-0.1, -0.05) is 17.7 Å². The summed E-state index contributed by atoms with van der Waals surface area (Å²) in [6.07, 6.45) is 0. The number of halogens is 1. The molecule has 1 nitrogen and oxygen atoms in total. The molecule has 0 aliphatic carbocycles. The third kappa shape index (κ3) is 2.80. The molecule has 0 amide bonds. The first kappa shape index (κ1) is 8.40. The van der Waals surface area contributed by atoms with E-state index in [2.05, 4.69) is 4.72 Å². The Hall–Kier alpha value is -0.700. The number of benzene rings is 1. The summed E-state index contributed by atoms with van der Waals surface area (Å²) in [5.74, 6) is 0. The van der Waals surface area contributed by atoms with E-state index in [-0.39, 0.29) is 0 Å². The van der Waals surface area contributed by atoms with Gasteiger partial charge in [0.1, 0.15) is 0 Å². The summed E-state index contributed by atoms with van der Waals surface area (Å²) >= 11 is 1.05. The molecule has 1 aromatic carbocycles. The highest BCUT2D eigenvalue weighted by molar-refractivity contribution is 8.00. The van der Waals surface area contributed by atoms with Crippen LogP contribution in [0.1, 0.15) is 5.56 Å². The van der Waals surface area contributed by atoms with E-state index in [4.69, 9.17) is 0 Å². The van der Waals surface area contributed by atoms with Gasteiger partial charge in [0, 0.05) is 5.69 Å². The third-order valence-corrected chi connectivity index (χ3v) is 1.79. The van der Waals surface area contributed by atoms with Gasteiger partial charge in [-0.05, 0) is 31.0 Å². The molecule has 0 spiro atoms. The van der Waals surface area contributed by atoms with Crippen LogP contribution in [0.2, 0.25) is 0 Å². The van der Waals surface area contributed by atoms with Crippen molar-refractivity contribution in [1.29, 1.82) is 0 Å². The highest BCUT2D eigenvalue weighted by atomic mass is 32.2. The maximum Gasteiger partial charge on any atom is 0.154 e. The average Bonchev–Trinajstić information content (AvgIpc) is 2.04. The van der Waals surface area contributed by atoms with Gasteiger partial charge in [-0.25, -0.2) is 4.39 Å². The van der Waals surface area contributed by atoms with Gasteiger partial charge in [-0.2, -0.15) is 0 Å². The van der Waals surface area contributed by atoms with Crippen LogP contribution >= 0.6 is 11.9 Å². The zero-order valence-electron chi connectivity index (χ0n) is 6.30. The molecule has 0 saturated carbocycles. The molecule has 0 aliphatic rings. The molecule has 60 valence electrons. The van der Waals surface area contributed by atoms with Crippen molar-refractivity contribution >= 4 is 17.6 Å². The molecule has 0 aliphatic heterocycles. The smallest absolute Gasteiger partial charge is 0.154 e. The van der Waals surface area contributed by atoms with E-state index < -0.39 is 6.01 Å². The first-order valence-corrected chi connectivity index (χ1v) is 4.32. The van der Waals surface area contributed by atoms with E-state index in [0.717, 1.165) is 17.6 Å². The number of aryl methyl sites for hydroxylation is 1. The van der Waals surface area contributed by atoms with Crippen molar-refractivity contribution < 1.29 is 4.39 Å². The number of alkyl halides is 1. The van der Waals surface area contributed by atoms with E-state index in [0.29, 0.717) is 0 Å². The van der Waals surface area contributed by atoms with Crippen LogP contribution in [0.15, 0.2) is 24.3 Å². The van der Waals surface area contributed by atoms with Gasteiger partial charge in [0.2, 0.25) is 0 Å². The second-order valence-corrected chi connectivity index (χ2v) is 2.93. The van der Waals surface area contributed by atoms with Crippen LogP contribution in [0.25, 0.3) is 0 Å². The Morgan fingerprint density at radius 1 is 1.36 bits per heavy atom. The topological polar surface area (TPSA) is 12.0 Å². The first-order chi connectivity index (χ1) is 5.33. The highest BCUT2D eigenvalue weighted by Crippen LogP contribution is 2.13. The van der Waals surface area contributed by atoms with Gasteiger partial charge in [0.15, 0.2) is 6.01 Å². The number of hydrogen-bond donors (Lipinski definition) is 1. The van der Waals surface area contributed by atoms with Gasteiger partial charge in [-0.3, -0.25) is 0 Å². The van der Waals surface area contributed by atoms with Gasteiger partial charge in [0.25, 0.3) is 0 Å². The monoisotopic (exact) mass is 171 g/mol. The molecule has 1 aromatic rings. The molecule has 0 heterocycles. The third-order valence-electron chi connectivity index (χ3n) is 1.30. The van der Waals surface area contributed by atoms with Crippen molar-refractivity contribution in [3.05, 3.63) is 29.8 Å². The minimum absolute atomic E-state index is 0.409. The molecule has 0 radical (unpaired) electrons. The Kier molecular flexibility index (Phi) is 3.23. The summed E-state index contributed by atoms with van der Waals surface area (Å²) in [6, 6.07) is 7.42. The largest absolute Gasteiger partial charge is 0.328 e. The summed E-state index contributed by atoms with van der Waals surface area (Å²) in [4.78, 5) is 0. The Bertz CT molecular complexity index is 210. The molecule has 11 heavy (non-hydrogen) atoms. The van der Waals surface area contributed by atoms with Crippen molar-refractivity contribution in [2.45, 2.75) is 6.92 Å². The summed E-state index contributed by atoms with van der Waals surface area (Å²) < 4.78 is 14.5. The van der Waals surface area contributed by atoms with Crippen LogP contribution < -0.4 is 4.72 Å². The van der Waals surface area contributed by atoms with Crippen molar-refractivity contribution in [2.75, 3.05) is 10.7 Å². The summed E-state index contributed by atoms with van der Waals surface area (Å²) in [5, 5.41) is 0. The second kappa shape index (κ2) is 4.23. The van der Waals surface area contributed by atoms with Gasteiger partial charge in [0.05, 0.1) is 0 Å². The Morgan fingerprint density at radius 2 is 2.00 bits per heavy atom. The fourth-order valence-corrected chi connectivity index (χ4v) is 1.09. The lowest BCUT2D eigenvalue weighted by Gasteiger charge is -2.01. The lowest BCUT2D eigenvalue weighted by molar-refractivity contribution is 0.606. The maximum absolute atomic E-state index is 11.7. The molecule has 1 rings (SSSR count). The van der Waals surface area contributed by atoms with Crippen LogP contribution in [0.3, 0.4) is 0 Å². The Morgan fingerprint density at radius 3 is 2.55 bits per heavy atom. The van der Waals surface area contributed by atoms with Crippen molar-refractivity contribution in [2.24, 2.45) is 0 Å². The molecule has 3 heteroatoms. The molecule has 0 atom stereocenters. The van der Waals surface area contributed by atoms with E-state index in [1.165, 1.54) is 5.56 Å². The molecule has 0 unspecified atom stereocenters. The van der Waals surface area contributed by atoms with Crippen molar-refractivity contribution in [3.63, 3.8) is 0 Å². The average molecular weight is 171 g/mol. The molecule has 1 N–H and O–H groups in total. The van der Waals surface area contributed by atoms with Gasteiger partial charge < -0.3 is 4.72 Å². The summed E-state index contributed by atoms with van der Waals surface area (Å²) in [5.41, 5.74) is 2.15. The molecular formula is C8H10FNS. The zero-order valence-corrected chi connectivity index (χ0v) is 7.12. The predicted octanol–water partition coefficient (Wildman–Crippen LogP) is 2.98. The fourth-order valence-electron chi connectivity index (χ4n) is 0.732. The number of hydrogen-bond acceptors (Lipinski definition) is 2. The maximum atomic E-state index is 11.7. The molecule has 0 fully saturated rings. The normalized spacial score (nSPS) is 9.64. The standard InChI is InChI=1S/C8H10FNS/c1-7-2-4-8(5-3-7)10-11-6-9/h2-5,10H,6H2,1H3. The molecule has 0 bridgehead atoms. The summed E-state index contributed by atoms with van der Waals surface area (Å²) in [7, 11) is 0. The number of anilines is 1. The zero-order chi connectivity index (χ0) is 8.10. The first-order valence-electron chi connectivity index (χ1n) is 3.33. The van der Waals surface area contributed by atoms with E-state index in [1.807, 2.05) is 31.2 Å². The van der Waals surface area contributed by atoms with E-state index in [1.54, 1.807) is 0 Å². The van der Waals surface area contributed by atoms with Crippen LogP contribution in [0.5, 0.6) is 0 Å². The second-order valence-electron chi connectivity index (χ2n) is 2.22. The molecular weight excluding hydrogens is 161 g/mol. The summed E-state index contributed by atoms with van der Waals surface area (Å²) in [6.45, 7) is 2.02. The minimum atomic E-state index is -0.409. The van der Waals surface area contributed by atoms with Gasteiger partial charge in [-0.15, -0.1) is 0 Å². The quantitative estimate of drug-likeness (QED) is 0.702. The van der Waals surface area contributed by atoms with Crippen molar-refractivity contribution in [3.8, 4) is 0 Å². The predicted molar refractivity (Wildman–Crippen MR) is 48.4 cm³/mol. The highest BCUT2D eigenvalue weighted by Gasteiger charge is 1.89. The van der Waals surface area contributed by atoms with Crippen molar-refractivity contribution in [1.82, 2.24) is 0 Å². The number of rotatable bonds is 3. The molecule has 0 aromatic heterocycles. The van der Waals surface area contributed by atoms with Crippen LogP contribution in [-0.4, -0.2) is 6.01 Å². The Labute approximate surface area is 70.1 Å². The lowest BCUT2D eigenvalue weighted by atomic mass is 10.2. The SMILES string of the molecule is Cc1ccc(NSCF)cc1. The molecule has 0 saturated heterocycles. The Balaban J connectivity index is 2.52. The van der Waals surface area contributed by atoms with Crippen LogP contribution in [0, 0.1) is 6.92 Å². The van der Waals surface area contributed by atoms with Crippen LogP contribution in [-0.2, 0) is 0 Å². The lowest BCUT2D eigenvalue weighted by Crippen LogP contribution is -1.85. The number of nitrogens with one attached hydrogen (secondary N) is 1. The van der Waals surface area contributed by atoms with E-state index in [9.17, 15) is 4.39 Å².